The maximum absolute atomic E-state index is 13.0. The van der Waals surface area contributed by atoms with Crippen LogP contribution in [0.2, 0.25) is 12.6 Å². The van der Waals surface area contributed by atoms with Gasteiger partial charge in [-0.3, -0.25) is 9.59 Å². The van der Waals surface area contributed by atoms with Crippen molar-refractivity contribution < 1.29 is 19.1 Å². The molecule has 2 rings (SSSR count). The summed E-state index contributed by atoms with van der Waals surface area (Å²) < 4.78 is 11.5. The summed E-state index contributed by atoms with van der Waals surface area (Å²) in [6.07, 6.45) is 10.7. The van der Waals surface area contributed by atoms with E-state index >= 15 is 0 Å². The highest BCUT2D eigenvalue weighted by atomic mass is 31.0. The molecular formula is C24H33B2N2O4P. The summed E-state index contributed by atoms with van der Waals surface area (Å²) >= 11 is 0. The average Bonchev–Trinajstić information content (AvgIpc) is 2.82. The second-order valence-corrected chi connectivity index (χ2v) is 8.70. The SMILES string of the molecule is BCCCOc1cccc(C(=O)N[C@@H](CCCCBC#N)C(=O)COC2=CCCC=C2P)c1. The van der Waals surface area contributed by atoms with Gasteiger partial charge >= 0.3 is 0 Å². The van der Waals surface area contributed by atoms with E-state index < -0.39 is 6.04 Å². The minimum atomic E-state index is -0.648. The predicted molar refractivity (Wildman–Crippen MR) is 139 cm³/mol. The Kier molecular flexibility index (Phi) is 12.4. The van der Waals surface area contributed by atoms with Crippen LogP contribution in [0.15, 0.2) is 47.5 Å². The predicted octanol–water partition coefficient (Wildman–Crippen LogP) is 3.13. The van der Waals surface area contributed by atoms with Crippen molar-refractivity contribution in [3.8, 4) is 11.7 Å². The van der Waals surface area contributed by atoms with E-state index in [0.29, 0.717) is 37.4 Å². The van der Waals surface area contributed by atoms with Crippen LogP contribution in [-0.4, -0.2) is 46.1 Å². The Bertz CT molecular complexity index is 899. The molecule has 1 amide bonds. The Balaban J connectivity index is 2.00. The molecule has 0 radical (unpaired) electrons. The molecule has 1 aromatic rings. The van der Waals surface area contributed by atoms with E-state index in [-0.39, 0.29) is 18.3 Å². The number of unbranched alkanes of at least 4 members (excludes halogenated alkanes) is 1. The van der Waals surface area contributed by atoms with Gasteiger partial charge in [0, 0.05) is 10.9 Å². The van der Waals surface area contributed by atoms with Gasteiger partial charge in [-0.1, -0.05) is 37.6 Å². The molecular weight excluding hydrogens is 433 g/mol. The number of rotatable bonds is 15. The molecule has 1 aliphatic rings. The molecule has 0 saturated carbocycles. The minimum absolute atomic E-state index is 0.0963. The van der Waals surface area contributed by atoms with Crippen LogP contribution in [0.25, 0.3) is 0 Å². The van der Waals surface area contributed by atoms with Crippen molar-refractivity contribution in [2.24, 2.45) is 0 Å². The number of nitrogens with zero attached hydrogens (tertiary/aromatic N) is 1. The third-order valence-electron chi connectivity index (χ3n) is 5.35. The molecule has 6 nitrogen and oxygen atoms in total. The van der Waals surface area contributed by atoms with E-state index in [1.54, 1.807) is 18.2 Å². The first-order valence-corrected chi connectivity index (χ1v) is 12.3. The number of allylic oxidation sites excluding steroid dienone is 3. The first-order valence-electron chi connectivity index (χ1n) is 11.8. The number of ether oxygens (including phenoxy) is 2. The first-order chi connectivity index (χ1) is 16.0. The second-order valence-electron chi connectivity index (χ2n) is 8.07. The maximum atomic E-state index is 13.0. The lowest BCUT2D eigenvalue weighted by atomic mass is 9.75. The lowest BCUT2D eigenvalue weighted by Gasteiger charge is -2.20. The molecule has 174 valence electrons. The Hall–Kier alpha value is -2.51. The number of hydrogen-bond donors (Lipinski definition) is 1. The molecule has 1 aromatic carbocycles. The highest BCUT2D eigenvalue weighted by Gasteiger charge is 2.22. The van der Waals surface area contributed by atoms with Crippen LogP contribution < -0.4 is 10.1 Å². The minimum Gasteiger partial charge on any atom is -0.494 e. The van der Waals surface area contributed by atoms with E-state index in [4.69, 9.17) is 14.7 Å². The number of amides is 1. The summed E-state index contributed by atoms with van der Waals surface area (Å²) in [4.78, 5) is 25.9. The van der Waals surface area contributed by atoms with Gasteiger partial charge in [0.05, 0.1) is 12.6 Å². The first kappa shape index (κ1) is 26.7. The zero-order chi connectivity index (χ0) is 23.9. The smallest absolute Gasteiger partial charge is 0.251 e. The summed E-state index contributed by atoms with van der Waals surface area (Å²) in [6.45, 7) is 0.506. The second kappa shape index (κ2) is 15.3. The van der Waals surface area contributed by atoms with Crippen LogP contribution in [-0.2, 0) is 9.53 Å². The third kappa shape index (κ3) is 9.88. The van der Waals surface area contributed by atoms with Crippen LogP contribution in [0.5, 0.6) is 5.75 Å². The van der Waals surface area contributed by atoms with Crippen molar-refractivity contribution >= 4 is 36.1 Å². The van der Waals surface area contributed by atoms with Crippen molar-refractivity contribution in [3.63, 3.8) is 0 Å². The molecule has 0 bridgehead atoms. The Morgan fingerprint density at radius 2 is 2.03 bits per heavy atom. The zero-order valence-electron chi connectivity index (χ0n) is 19.5. The van der Waals surface area contributed by atoms with Gasteiger partial charge < -0.3 is 14.8 Å². The van der Waals surface area contributed by atoms with Crippen LogP contribution in [0.3, 0.4) is 0 Å². The van der Waals surface area contributed by atoms with E-state index in [9.17, 15) is 9.59 Å². The quantitative estimate of drug-likeness (QED) is 0.244. The summed E-state index contributed by atoms with van der Waals surface area (Å²) in [7, 11) is 5.22. The fourth-order valence-electron chi connectivity index (χ4n) is 3.41. The molecule has 0 aromatic heterocycles. The van der Waals surface area contributed by atoms with Gasteiger partial charge in [0.15, 0.2) is 5.78 Å². The van der Waals surface area contributed by atoms with Gasteiger partial charge in [0.25, 0.3) is 5.91 Å². The lowest BCUT2D eigenvalue weighted by Crippen LogP contribution is -2.42. The molecule has 9 heteroatoms. The number of carbonyl (C=O) groups is 2. The number of nitrogens with one attached hydrogen (secondary N) is 1. The molecule has 1 unspecified atom stereocenters. The molecule has 1 N–H and O–H groups in total. The molecule has 0 spiro atoms. The van der Waals surface area contributed by atoms with Crippen molar-refractivity contribution in [3.05, 3.63) is 53.1 Å². The molecule has 0 fully saturated rings. The van der Waals surface area contributed by atoms with Gasteiger partial charge in [-0.25, -0.2) is 5.26 Å². The van der Waals surface area contributed by atoms with E-state index in [0.717, 1.165) is 50.1 Å². The molecule has 33 heavy (non-hydrogen) atoms. The average molecular weight is 466 g/mol. The van der Waals surface area contributed by atoms with Crippen molar-refractivity contribution in [1.29, 1.82) is 5.26 Å². The van der Waals surface area contributed by atoms with Gasteiger partial charge in [0.2, 0.25) is 7.28 Å². The maximum Gasteiger partial charge on any atom is 0.251 e. The molecule has 1 aliphatic carbocycles. The number of hydrogen-bond acceptors (Lipinski definition) is 5. The fourth-order valence-corrected chi connectivity index (χ4v) is 3.78. The molecule has 0 heterocycles. The van der Waals surface area contributed by atoms with Crippen LogP contribution in [0, 0.1) is 11.2 Å². The number of Topliss-reactive ketones (excluding diaryl/α,β-unsaturated/α-hetero) is 1. The van der Waals surface area contributed by atoms with Gasteiger partial charge in [-0.05, 0) is 55.9 Å². The lowest BCUT2D eigenvalue weighted by molar-refractivity contribution is -0.124. The number of benzene rings is 1. The van der Waals surface area contributed by atoms with E-state index in [2.05, 4.69) is 34.4 Å². The third-order valence-corrected chi connectivity index (χ3v) is 5.87. The highest BCUT2D eigenvalue weighted by molar-refractivity contribution is 7.23. The number of carbonyl (C=O) groups excluding carboxylic acids is 2. The van der Waals surface area contributed by atoms with Crippen molar-refractivity contribution in [1.82, 2.24) is 5.32 Å². The highest BCUT2D eigenvalue weighted by Crippen LogP contribution is 2.25. The molecule has 0 saturated heterocycles. The topological polar surface area (TPSA) is 88.4 Å². The summed E-state index contributed by atoms with van der Waals surface area (Å²) in [6, 6.07) is 6.37. The standard InChI is InChI=1S/C24H33B2N2O4P/c25-12-6-14-31-19-8-5-7-18(15-19)24(30)28-20(9-3-4-13-26-17-27)21(29)16-32-22-10-1-2-11-23(22)33/h5,7-8,10-11,15,20,26H,1-4,6,9,12-14,16,25,33H2,(H,28,30)/t20-/m0/s1. The summed E-state index contributed by atoms with van der Waals surface area (Å²) in [5.41, 5.74) is 0.456. The largest absolute Gasteiger partial charge is 0.494 e. The summed E-state index contributed by atoms with van der Waals surface area (Å²) in [5.74, 6) is 3.01. The number of ketones is 1. The van der Waals surface area contributed by atoms with Gasteiger partial charge in [0.1, 0.15) is 26.0 Å². The van der Waals surface area contributed by atoms with Gasteiger partial charge in [-0.2, -0.15) is 0 Å². The van der Waals surface area contributed by atoms with E-state index in [1.807, 2.05) is 12.1 Å². The fraction of sp³-hybridized carbons (Fsp3) is 0.458. The van der Waals surface area contributed by atoms with Crippen LogP contribution >= 0.6 is 9.24 Å². The Labute approximate surface area is 201 Å². The number of nitriles is 1. The van der Waals surface area contributed by atoms with Crippen molar-refractivity contribution in [2.45, 2.75) is 57.2 Å². The Morgan fingerprint density at radius 3 is 2.79 bits per heavy atom. The zero-order valence-corrected chi connectivity index (χ0v) is 20.6. The van der Waals surface area contributed by atoms with Crippen molar-refractivity contribution in [2.75, 3.05) is 13.2 Å². The molecule has 0 aliphatic heterocycles. The molecule has 2 atom stereocenters. The summed E-state index contributed by atoms with van der Waals surface area (Å²) in [5, 5.41) is 12.6. The Morgan fingerprint density at radius 1 is 1.21 bits per heavy atom. The van der Waals surface area contributed by atoms with E-state index in [1.165, 1.54) is 0 Å². The van der Waals surface area contributed by atoms with Gasteiger partial charge in [-0.15, -0.1) is 9.24 Å². The monoisotopic (exact) mass is 466 g/mol. The normalized spacial score (nSPS) is 13.7. The van der Waals surface area contributed by atoms with Crippen LogP contribution in [0.4, 0.5) is 0 Å². The van der Waals surface area contributed by atoms with Crippen LogP contribution in [0.1, 0.15) is 48.9 Å².